The van der Waals surface area contributed by atoms with Gasteiger partial charge in [-0.2, -0.15) is 0 Å². The van der Waals surface area contributed by atoms with E-state index < -0.39 is 0 Å². The van der Waals surface area contributed by atoms with E-state index in [2.05, 4.69) is 39.6 Å². The summed E-state index contributed by atoms with van der Waals surface area (Å²) >= 11 is 0. The molecule has 1 aliphatic rings. The lowest BCUT2D eigenvalue weighted by molar-refractivity contribution is 0.0622. The number of hydrogen-bond donors (Lipinski definition) is 0. The van der Waals surface area contributed by atoms with Crippen molar-refractivity contribution < 1.29 is 0 Å². The van der Waals surface area contributed by atoms with Crippen LogP contribution in [0.4, 0.5) is 0 Å². The zero-order valence-electron chi connectivity index (χ0n) is 9.93. The van der Waals surface area contributed by atoms with Gasteiger partial charge in [0.2, 0.25) is 0 Å². The van der Waals surface area contributed by atoms with Crippen molar-refractivity contribution in [3.63, 3.8) is 0 Å². The van der Waals surface area contributed by atoms with Gasteiger partial charge in [0.25, 0.3) is 0 Å². The Bertz CT molecular complexity index is 157. The molecule has 0 atom stereocenters. The Morgan fingerprint density at radius 2 is 1.92 bits per heavy atom. The standard InChI is InChI=1S/C12H25N/c1-10(2)13(5)7-6-12(4)8-11(3)9-12/h10-11H,6-9H2,1-5H3. The maximum absolute atomic E-state index is 2.45. The third-order valence-corrected chi connectivity index (χ3v) is 3.63. The molecule has 0 radical (unpaired) electrons. The van der Waals surface area contributed by atoms with Crippen LogP contribution in [0.25, 0.3) is 0 Å². The van der Waals surface area contributed by atoms with E-state index in [1.165, 1.54) is 25.8 Å². The zero-order valence-corrected chi connectivity index (χ0v) is 9.93. The molecule has 0 aliphatic heterocycles. The normalized spacial score (nSPS) is 33.9. The Labute approximate surface area is 83.5 Å². The van der Waals surface area contributed by atoms with Crippen LogP contribution in [0.2, 0.25) is 0 Å². The summed E-state index contributed by atoms with van der Waals surface area (Å²) in [5.74, 6) is 0.981. The average molecular weight is 183 g/mol. The molecule has 1 aliphatic carbocycles. The summed E-state index contributed by atoms with van der Waals surface area (Å²) in [6.07, 6.45) is 4.27. The molecule has 78 valence electrons. The first kappa shape index (κ1) is 11.0. The molecule has 0 bridgehead atoms. The fraction of sp³-hybridized carbons (Fsp3) is 1.00. The molecule has 0 saturated heterocycles. The largest absolute Gasteiger partial charge is 0.304 e. The third-order valence-electron chi connectivity index (χ3n) is 3.63. The Balaban J connectivity index is 2.19. The lowest BCUT2D eigenvalue weighted by atomic mass is 9.62. The Hall–Kier alpha value is -0.0400. The SMILES string of the molecule is CC1CC(C)(CCN(C)C(C)C)C1. The summed E-state index contributed by atoms with van der Waals surface area (Å²) in [5, 5.41) is 0. The predicted octanol–water partition coefficient (Wildman–Crippen LogP) is 3.15. The molecule has 0 unspecified atom stereocenters. The predicted molar refractivity (Wildman–Crippen MR) is 58.9 cm³/mol. The van der Waals surface area contributed by atoms with Crippen LogP contribution in [0.1, 0.15) is 47.0 Å². The van der Waals surface area contributed by atoms with E-state index >= 15 is 0 Å². The third kappa shape index (κ3) is 2.98. The number of rotatable bonds is 4. The van der Waals surface area contributed by atoms with Gasteiger partial charge in [0, 0.05) is 6.04 Å². The monoisotopic (exact) mass is 183 g/mol. The summed E-state index contributed by atoms with van der Waals surface area (Å²) in [6.45, 7) is 10.6. The Morgan fingerprint density at radius 1 is 1.38 bits per heavy atom. The van der Waals surface area contributed by atoms with Gasteiger partial charge >= 0.3 is 0 Å². The van der Waals surface area contributed by atoms with E-state index in [-0.39, 0.29) is 0 Å². The minimum atomic E-state index is 0.669. The molecule has 0 heterocycles. The van der Waals surface area contributed by atoms with Crippen LogP contribution in [-0.4, -0.2) is 24.5 Å². The van der Waals surface area contributed by atoms with Gasteiger partial charge in [-0.05, 0) is 58.0 Å². The van der Waals surface area contributed by atoms with Gasteiger partial charge in [0.05, 0.1) is 0 Å². The maximum atomic E-state index is 2.45. The quantitative estimate of drug-likeness (QED) is 0.647. The van der Waals surface area contributed by atoms with Crippen LogP contribution in [0.15, 0.2) is 0 Å². The van der Waals surface area contributed by atoms with Crippen LogP contribution in [0.3, 0.4) is 0 Å². The van der Waals surface area contributed by atoms with Gasteiger partial charge in [-0.3, -0.25) is 0 Å². The molecule has 0 N–H and O–H groups in total. The summed E-state index contributed by atoms with van der Waals surface area (Å²) in [4.78, 5) is 2.45. The topological polar surface area (TPSA) is 3.24 Å². The van der Waals surface area contributed by atoms with Crippen LogP contribution >= 0.6 is 0 Å². The minimum absolute atomic E-state index is 0.669. The molecule has 13 heavy (non-hydrogen) atoms. The van der Waals surface area contributed by atoms with Gasteiger partial charge in [0.1, 0.15) is 0 Å². The number of nitrogens with zero attached hydrogens (tertiary/aromatic N) is 1. The van der Waals surface area contributed by atoms with Crippen molar-refractivity contribution in [3.05, 3.63) is 0 Å². The highest BCUT2D eigenvalue weighted by Gasteiger charge is 2.37. The fourth-order valence-corrected chi connectivity index (χ4v) is 2.53. The molecule has 1 nitrogen and oxygen atoms in total. The molecular formula is C12H25N. The first-order valence-corrected chi connectivity index (χ1v) is 5.63. The van der Waals surface area contributed by atoms with Gasteiger partial charge < -0.3 is 4.90 Å². The van der Waals surface area contributed by atoms with E-state index in [1.807, 2.05) is 0 Å². The summed E-state index contributed by atoms with van der Waals surface area (Å²) in [5.41, 5.74) is 0.669. The highest BCUT2D eigenvalue weighted by Crippen LogP contribution is 2.47. The van der Waals surface area contributed by atoms with Gasteiger partial charge in [0.15, 0.2) is 0 Å². The van der Waals surface area contributed by atoms with Crippen molar-refractivity contribution in [1.29, 1.82) is 0 Å². The second-order valence-corrected chi connectivity index (χ2v) is 5.65. The molecule has 1 saturated carbocycles. The zero-order chi connectivity index (χ0) is 10.1. The Morgan fingerprint density at radius 3 is 2.31 bits per heavy atom. The average Bonchev–Trinajstić information content (AvgIpc) is 1.97. The molecular weight excluding hydrogens is 158 g/mol. The molecule has 0 aromatic heterocycles. The molecule has 1 fully saturated rings. The summed E-state index contributed by atoms with van der Waals surface area (Å²) in [7, 11) is 2.23. The first-order valence-electron chi connectivity index (χ1n) is 5.63. The minimum Gasteiger partial charge on any atom is -0.304 e. The van der Waals surface area contributed by atoms with Crippen molar-refractivity contribution in [2.24, 2.45) is 11.3 Å². The highest BCUT2D eigenvalue weighted by molar-refractivity contribution is 4.88. The first-order chi connectivity index (χ1) is 5.93. The highest BCUT2D eigenvalue weighted by atomic mass is 15.1. The second-order valence-electron chi connectivity index (χ2n) is 5.65. The molecule has 0 aromatic rings. The van der Waals surface area contributed by atoms with Crippen LogP contribution in [0, 0.1) is 11.3 Å². The lowest BCUT2D eigenvalue weighted by Crippen LogP contribution is -2.37. The number of hydrogen-bond acceptors (Lipinski definition) is 1. The maximum Gasteiger partial charge on any atom is 0.00355 e. The smallest absolute Gasteiger partial charge is 0.00355 e. The van der Waals surface area contributed by atoms with E-state index in [0.29, 0.717) is 11.5 Å². The Kier molecular flexibility index (Phi) is 3.39. The van der Waals surface area contributed by atoms with Crippen molar-refractivity contribution in [2.75, 3.05) is 13.6 Å². The van der Waals surface area contributed by atoms with Crippen LogP contribution in [0.5, 0.6) is 0 Å². The molecule has 0 spiro atoms. The van der Waals surface area contributed by atoms with Crippen molar-refractivity contribution in [3.8, 4) is 0 Å². The van der Waals surface area contributed by atoms with Gasteiger partial charge in [-0.1, -0.05) is 13.8 Å². The second kappa shape index (κ2) is 4.00. The fourth-order valence-electron chi connectivity index (χ4n) is 2.53. The molecule has 0 amide bonds. The van der Waals surface area contributed by atoms with E-state index in [1.54, 1.807) is 0 Å². The van der Waals surface area contributed by atoms with E-state index in [0.717, 1.165) is 5.92 Å². The molecule has 1 rings (SSSR count). The molecule has 0 aromatic carbocycles. The van der Waals surface area contributed by atoms with Crippen LogP contribution in [-0.2, 0) is 0 Å². The van der Waals surface area contributed by atoms with Gasteiger partial charge in [-0.15, -0.1) is 0 Å². The van der Waals surface area contributed by atoms with E-state index in [9.17, 15) is 0 Å². The summed E-state index contributed by atoms with van der Waals surface area (Å²) in [6, 6.07) is 0.695. The van der Waals surface area contributed by atoms with Crippen molar-refractivity contribution >= 4 is 0 Å². The van der Waals surface area contributed by atoms with Crippen molar-refractivity contribution in [2.45, 2.75) is 53.0 Å². The molecule has 1 heteroatoms. The van der Waals surface area contributed by atoms with Crippen LogP contribution < -0.4 is 0 Å². The lowest BCUT2D eigenvalue weighted by Gasteiger charge is -2.45. The summed E-state index contributed by atoms with van der Waals surface area (Å²) < 4.78 is 0. The van der Waals surface area contributed by atoms with Gasteiger partial charge in [-0.25, -0.2) is 0 Å². The van der Waals surface area contributed by atoms with Crippen molar-refractivity contribution in [1.82, 2.24) is 4.90 Å². The van der Waals surface area contributed by atoms with E-state index in [4.69, 9.17) is 0 Å².